The summed E-state index contributed by atoms with van der Waals surface area (Å²) in [6, 6.07) is 14.5. The predicted octanol–water partition coefficient (Wildman–Crippen LogP) is 2.84. The van der Waals surface area contributed by atoms with Crippen LogP contribution in [-0.4, -0.2) is 49.4 Å². The maximum atomic E-state index is 14.0. The Hall–Kier alpha value is -2.89. The van der Waals surface area contributed by atoms with E-state index in [2.05, 4.69) is 0 Å². The fourth-order valence-electron chi connectivity index (χ4n) is 3.98. The zero-order valence-corrected chi connectivity index (χ0v) is 16.0. The second kappa shape index (κ2) is 7.62. The van der Waals surface area contributed by atoms with Gasteiger partial charge in [-0.3, -0.25) is 9.59 Å². The Morgan fingerprint density at radius 2 is 1.68 bits per heavy atom. The summed E-state index contributed by atoms with van der Waals surface area (Å²) in [5.41, 5.74) is 2.56. The molecule has 0 bridgehead atoms. The van der Waals surface area contributed by atoms with Crippen molar-refractivity contribution in [1.82, 2.24) is 4.90 Å². The van der Waals surface area contributed by atoms with Gasteiger partial charge in [0, 0.05) is 44.8 Å². The third-order valence-corrected chi connectivity index (χ3v) is 5.60. The number of nitrogens with zero attached hydrogens (tertiary/aromatic N) is 3. The number of amides is 2. The van der Waals surface area contributed by atoms with Gasteiger partial charge < -0.3 is 14.7 Å². The van der Waals surface area contributed by atoms with Crippen LogP contribution in [0.2, 0.25) is 0 Å². The highest BCUT2D eigenvalue weighted by molar-refractivity contribution is 6.00. The number of piperazine rings is 1. The fourth-order valence-corrected chi connectivity index (χ4v) is 3.98. The van der Waals surface area contributed by atoms with Crippen molar-refractivity contribution in [3.05, 3.63) is 59.9 Å². The molecular formula is C22H24FN3O2. The summed E-state index contributed by atoms with van der Waals surface area (Å²) >= 11 is 0. The lowest BCUT2D eigenvalue weighted by Crippen LogP contribution is -2.51. The van der Waals surface area contributed by atoms with Crippen LogP contribution in [-0.2, 0) is 9.59 Å². The molecule has 5 nitrogen and oxygen atoms in total. The van der Waals surface area contributed by atoms with Crippen molar-refractivity contribution < 1.29 is 14.0 Å². The van der Waals surface area contributed by atoms with Gasteiger partial charge in [0.15, 0.2) is 0 Å². The summed E-state index contributed by atoms with van der Waals surface area (Å²) in [5, 5.41) is 0. The standard InChI is InChI=1S/C22H24FN3O2/c1-16-6-8-18(9-7-16)26-15-17(14-21(26)27)22(28)25-12-10-24(11-13-25)20-5-3-2-4-19(20)23/h2-9,17H,10-15H2,1H3. The van der Waals surface area contributed by atoms with Gasteiger partial charge >= 0.3 is 0 Å². The van der Waals surface area contributed by atoms with Gasteiger partial charge in [-0.05, 0) is 31.2 Å². The van der Waals surface area contributed by atoms with E-state index < -0.39 is 0 Å². The Morgan fingerprint density at radius 1 is 1.00 bits per heavy atom. The molecule has 2 aromatic carbocycles. The lowest BCUT2D eigenvalue weighted by Gasteiger charge is -2.37. The van der Waals surface area contributed by atoms with Crippen molar-refractivity contribution in [2.24, 2.45) is 5.92 Å². The Bertz CT molecular complexity index is 876. The van der Waals surface area contributed by atoms with E-state index in [0.29, 0.717) is 38.4 Å². The van der Waals surface area contributed by atoms with Crippen molar-refractivity contribution in [3.63, 3.8) is 0 Å². The van der Waals surface area contributed by atoms with Gasteiger partial charge in [-0.1, -0.05) is 29.8 Å². The molecule has 0 radical (unpaired) electrons. The van der Waals surface area contributed by atoms with Crippen LogP contribution in [0, 0.1) is 18.7 Å². The van der Waals surface area contributed by atoms with Gasteiger partial charge in [0.2, 0.25) is 11.8 Å². The molecule has 4 rings (SSSR count). The largest absolute Gasteiger partial charge is 0.366 e. The Kier molecular flexibility index (Phi) is 5.03. The van der Waals surface area contributed by atoms with Crippen molar-refractivity contribution in [3.8, 4) is 0 Å². The number of rotatable bonds is 3. The fraction of sp³-hybridized carbons (Fsp3) is 0.364. The van der Waals surface area contributed by atoms with Crippen LogP contribution in [0.5, 0.6) is 0 Å². The molecule has 28 heavy (non-hydrogen) atoms. The topological polar surface area (TPSA) is 43.9 Å². The predicted molar refractivity (Wildman–Crippen MR) is 107 cm³/mol. The molecule has 2 fully saturated rings. The van der Waals surface area contributed by atoms with Crippen LogP contribution < -0.4 is 9.80 Å². The minimum Gasteiger partial charge on any atom is -0.366 e. The van der Waals surface area contributed by atoms with Gasteiger partial charge in [0.1, 0.15) is 5.82 Å². The van der Waals surface area contributed by atoms with Crippen LogP contribution in [0.15, 0.2) is 48.5 Å². The minimum absolute atomic E-state index is 0.00723. The number of carbonyl (C=O) groups is 2. The normalized spacial score (nSPS) is 20.0. The maximum absolute atomic E-state index is 14.0. The third kappa shape index (κ3) is 3.59. The summed E-state index contributed by atoms with van der Waals surface area (Å²) in [4.78, 5) is 30.9. The minimum atomic E-state index is -0.311. The molecule has 2 amide bonds. The second-order valence-corrected chi connectivity index (χ2v) is 7.50. The zero-order valence-electron chi connectivity index (χ0n) is 16.0. The molecule has 2 saturated heterocycles. The van der Waals surface area contributed by atoms with Crippen molar-refractivity contribution in [1.29, 1.82) is 0 Å². The first-order valence-electron chi connectivity index (χ1n) is 9.68. The molecule has 146 valence electrons. The van der Waals surface area contributed by atoms with E-state index in [1.807, 2.05) is 47.1 Å². The maximum Gasteiger partial charge on any atom is 0.228 e. The van der Waals surface area contributed by atoms with Crippen molar-refractivity contribution in [2.75, 3.05) is 42.5 Å². The number of benzene rings is 2. The van der Waals surface area contributed by atoms with E-state index in [0.717, 1.165) is 11.3 Å². The van der Waals surface area contributed by atoms with E-state index in [1.165, 1.54) is 6.07 Å². The molecule has 2 aromatic rings. The van der Waals surface area contributed by atoms with Crippen LogP contribution in [0.25, 0.3) is 0 Å². The monoisotopic (exact) mass is 381 g/mol. The van der Waals surface area contributed by atoms with Crippen molar-refractivity contribution in [2.45, 2.75) is 13.3 Å². The first-order chi connectivity index (χ1) is 13.5. The number of aryl methyl sites for hydroxylation is 1. The lowest BCUT2D eigenvalue weighted by atomic mass is 10.1. The Labute approximate surface area is 164 Å². The number of hydrogen-bond donors (Lipinski definition) is 0. The van der Waals surface area contributed by atoms with E-state index in [4.69, 9.17) is 0 Å². The average Bonchev–Trinajstić information content (AvgIpc) is 3.10. The van der Waals surface area contributed by atoms with Crippen LogP contribution in [0.3, 0.4) is 0 Å². The van der Waals surface area contributed by atoms with E-state index >= 15 is 0 Å². The van der Waals surface area contributed by atoms with E-state index in [9.17, 15) is 14.0 Å². The first kappa shape index (κ1) is 18.5. The third-order valence-electron chi connectivity index (χ3n) is 5.60. The molecule has 2 aliphatic rings. The Balaban J connectivity index is 1.37. The molecular weight excluding hydrogens is 357 g/mol. The Morgan fingerprint density at radius 3 is 2.36 bits per heavy atom. The molecule has 2 aliphatic heterocycles. The van der Waals surface area contributed by atoms with Crippen LogP contribution in [0.1, 0.15) is 12.0 Å². The van der Waals surface area contributed by atoms with Crippen LogP contribution >= 0.6 is 0 Å². The number of hydrogen-bond acceptors (Lipinski definition) is 3. The highest BCUT2D eigenvalue weighted by Crippen LogP contribution is 2.27. The summed E-state index contributed by atoms with van der Waals surface area (Å²) in [6.07, 6.45) is 0.250. The summed E-state index contributed by atoms with van der Waals surface area (Å²) in [6.45, 7) is 4.70. The molecule has 0 N–H and O–H groups in total. The molecule has 0 aromatic heterocycles. The number of para-hydroxylation sites is 1. The molecule has 0 aliphatic carbocycles. The van der Waals surface area contributed by atoms with Gasteiger partial charge in [0.25, 0.3) is 0 Å². The number of anilines is 2. The summed E-state index contributed by atoms with van der Waals surface area (Å²) < 4.78 is 14.0. The molecule has 0 spiro atoms. The zero-order chi connectivity index (χ0) is 19.7. The second-order valence-electron chi connectivity index (χ2n) is 7.50. The van der Waals surface area contributed by atoms with Gasteiger partial charge in [0.05, 0.1) is 11.6 Å². The van der Waals surface area contributed by atoms with Crippen molar-refractivity contribution >= 4 is 23.2 Å². The van der Waals surface area contributed by atoms with E-state index in [-0.39, 0.29) is 30.0 Å². The molecule has 0 saturated carbocycles. The first-order valence-corrected chi connectivity index (χ1v) is 9.68. The molecule has 6 heteroatoms. The summed E-state index contributed by atoms with van der Waals surface area (Å²) in [7, 11) is 0. The lowest BCUT2D eigenvalue weighted by molar-refractivity contribution is -0.136. The molecule has 2 heterocycles. The van der Waals surface area contributed by atoms with E-state index in [1.54, 1.807) is 17.0 Å². The molecule has 1 atom stereocenters. The number of halogens is 1. The van der Waals surface area contributed by atoms with Gasteiger partial charge in [-0.15, -0.1) is 0 Å². The highest BCUT2D eigenvalue weighted by atomic mass is 19.1. The van der Waals surface area contributed by atoms with Gasteiger partial charge in [-0.2, -0.15) is 0 Å². The SMILES string of the molecule is Cc1ccc(N2CC(C(=O)N3CCN(c4ccccc4F)CC3)CC2=O)cc1. The van der Waals surface area contributed by atoms with Crippen LogP contribution in [0.4, 0.5) is 15.8 Å². The highest BCUT2D eigenvalue weighted by Gasteiger charge is 2.38. The smallest absolute Gasteiger partial charge is 0.228 e. The average molecular weight is 381 g/mol. The summed E-state index contributed by atoms with van der Waals surface area (Å²) in [5.74, 6) is -0.533. The molecule has 1 unspecified atom stereocenters. The quantitative estimate of drug-likeness (QED) is 0.821. The number of carbonyl (C=O) groups excluding carboxylic acids is 2. The van der Waals surface area contributed by atoms with Gasteiger partial charge in [-0.25, -0.2) is 4.39 Å².